The Morgan fingerprint density at radius 3 is 2.95 bits per heavy atom. The van der Waals surface area contributed by atoms with Crippen molar-refractivity contribution in [1.82, 2.24) is 9.80 Å². The number of anilines is 1. The number of carbonyl (C=O) groups excluding carboxylic acids is 1. The van der Waals surface area contributed by atoms with Gasteiger partial charge in [0.1, 0.15) is 0 Å². The third-order valence-electron chi connectivity index (χ3n) is 4.67. The number of amides is 1. The molecule has 2 aliphatic heterocycles. The van der Waals surface area contributed by atoms with Crippen LogP contribution in [0.5, 0.6) is 0 Å². The Hall–Kier alpha value is -1.43. The number of piperazine rings is 1. The summed E-state index contributed by atoms with van der Waals surface area (Å²) in [4.78, 5) is 17.2. The van der Waals surface area contributed by atoms with Crippen LogP contribution in [0.15, 0.2) is 24.3 Å². The average molecular weight is 288 g/mol. The predicted molar refractivity (Wildman–Crippen MR) is 84.2 cm³/mol. The molecule has 114 valence electrons. The summed E-state index contributed by atoms with van der Waals surface area (Å²) in [7, 11) is 2.11. The third kappa shape index (κ3) is 2.95. The van der Waals surface area contributed by atoms with Crippen LogP contribution < -0.4 is 11.1 Å². The highest BCUT2D eigenvalue weighted by Gasteiger charge is 2.35. The maximum absolute atomic E-state index is 12.6. The first-order valence-corrected chi connectivity index (χ1v) is 7.72. The first-order chi connectivity index (χ1) is 10.2. The molecule has 1 amide bonds. The molecule has 0 radical (unpaired) electrons. The van der Waals surface area contributed by atoms with E-state index in [2.05, 4.69) is 28.2 Å². The fourth-order valence-electron chi connectivity index (χ4n) is 3.46. The van der Waals surface area contributed by atoms with Gasteiger partial charge in [0.05, 0.1) is 6.04 Å². The van der Waals surface area contributed by atoms with Crippen LogP contribution in [0.4, 0.5) is 5.69 Å². The van der Waals surface area contributed by atoms with Crippen molar-refractivity contribution in [2.45, 2.75) is 24.9 Å². The third-order valence-corrected chi connectivity index (χ3v) is 4.67. The lowest BCUT2D eigenvalue weighted by atomic mass is 10.0. The molecule has 1 fully saturated rings. The van der Waals surface area contributed by atoms with E-state index in [-0.39, 0.29) is 18.0 Å². The maximum atomic E-state index is 12.6. The van der Waals surface area contributed by atoms with Gasteiger partial charge in [-0.1, -0.05) is 18.2 Å². The fourth-order valence-corrected chi connectivity index (χ4v) is 3.46. The number of nitrogens with zero attached hydrogens (tertiary/aromatic N) is 2. The summed E-state index contributed by atoms with van der Waals surface area (Å²) in [5, 5.41) is 3.09. The zero-order valence-electron chi connectivity index (χ0n) is 12.6. The number of nitrogens with one attached hydrogen (secondary N) is 1. The van der Waals surface area contributed by atoms with Gasteiger partial charge in [0, 0.05) is 37.9 Å². The molecular weight excluding hydrogens is 264 g/mol. The van der Waals surface area contributed by atoms with Gasteiger partial charge in [-0.25, -0.2) is 0 Å². The van der Waals surface area contributed by atoms with Crippen LogP contribution in [-0.4, -0.2) is 61.0 Å². The van der Waals surface area contributed by atoms with Gasteiger partial charge in [0.2, 0.25) is 5.91 Å². The number of hydrogen-bond acceptors (Lipinski definition) is 4. The topological polar surface area (TPSA) is 61.6 Å². The van der Waals surface area contributed by atoms with Crippen molar-refractivity contribution in [2.24, 2.45) is 5.73 Å². The van der Waals surface area contributed by atoms with Crippen LogP contribution in [0, 0.1) is 0 Å². The summed E-state index contributed by atoms with van der Waals surface area (Å²) in [5.41, 5.74) is 8.12. The molecule has 0 aliphatic carbocycles. The van der Waals surface area contributed by atoms with Gasteiger partial charge in [0.25, 0.3) is 0 Å². The molecule has 21 heavy (non-hydrogen) atoms. The van der Waals surface area contributed by atoms with Crippen molar-refractivity contribution in [2.75, 3.05) is 38.5 Å². The zero-order valence-corrected chi connectivity index (χ0v) is 12.6. The van der Waals surface area contributed by atoms with E-state index >= 15 is 0 Å². The lowest BCUT2D eigenvalue weighted by Crippen LogP contribution is -2.60. The van der Waals surface area contributed by atoms with E-state index in [1.165, 1.54) is 5.56 Å². The van der Waals surface area contributed by atoms with Crippen molar-refractivity contribution in [3.63, 3.8) is 0 Å². The Morgan fingerprint density at radius 1 is 1.33 bits per heavy atom. The highest BCUT2D eigenvalue weighted by atomic mass is 16.2. The molecule has 5 heteroatoms. The predicted octanol–water partition coefficient (Wildman–Crippen LogP) is 0.515. The van der Waals surface area contributed by atoms with E-state index in [0.717, 1.165) is 38.2 Å². The monoisotopic (exact) mass is 288 g/mol. The van der Waals surface area contributed by atoms with E-state index in [0.29, 0.717) is 6.54 Å². The van der Waals surface area contributed by atoms with Crippen molar-refractivity contribution < 1.29 is 4.79 Å². The Bertz CT molecular complexity index is 519. The number of para-hydroxylation sites is 1. The van der Waals surface area contributed by atoms with Crippen molar-refractivity contribution in [1.29, 1.82) is 0 Å². The van der Waals surface area contributed by atoms with E-state index < -0.39 is 0 Å². The molecule has 3 rings (SSSR count). The lowest BCUT2D eigenvalue weighted by molar-refractivity contribution is -0.123. The van der Waals surface area contributed by atoms with Gasteiger partial charge >= 0.3 is 0 Å². The van der Waals surface area contributed by atoms with Crippen molar-refractivity contribution in [3.8, 4) is 0 Å². The molecule has 0 bridgehead atoms. The summed E-state index contributed by atoms with van der Waals surface area (Å²) >= 11 is 0. The molecule has 1 saturated heterocycles. The van der Waals surface area contributed by atoms with Gasteiger partial charge in [-0.3, -0.25) is 9.69 Å². The molecule has 2 unspecified atom stereocenters. The second-order valence-electron chi connectivity index (χ2n) is 6.09. The van der Waals surface area contributed by atoms with Gasteiger partial charge in [0.15, 0.2) is 0 Å². The quantitative estimate of drug-likeness (QED) is 0.833. The largest absolute Gasteiger partial charge is 0.329 e. The number of hydrogen-bond donors (Lipinski definition) is 2. The first-order valence-electron chi connectivity index (χ1n) is 7.72. The molecule has 0 spiro atoms. The Kier molecular flexibility index (Phi) is 4.24. The summed E-state index contributed by atoms with van der Waals surface area (Å²) in [6, 6.07) is 8.28. The van der Waals surface area contributed by atoms with Crippen LogP contribution >= 0.6 is 0 Å². The normalized spacial score (nSPS) is 27.8. The summed E-state index contributed by atoms with van der Waals surface area (Å²) in [5.74, 6) is 0.114. The molecule has 1 aromatic rings. The Balaban J connectivity index is 1.79. The molecule has 0 aromatic heterocycles. The molecule has 2 atom stereocenters. The van der Waals surface area contributed by atoms with Crippen LogP contribution in [0.3, 0.4) is 0 Å². The van der Waals surface area contributed by atoms with Crippen LogP contribution in [0.25, 0.3) is 0 Å². The fraction of sp³-hybridized carbons (Fsp3) is 0.562. The minimum atomic E-state index is -0.0698. The Labute approximate surface area is 126 Å². The van der Waals surface area contributed by atoms with E-state index in [1.54, 1.807) is 0 Å². The molecule has 5 nitrogen and oxygen atoms in total. The second-order valence-corrected chi connectivity index (χ2v) is 6.09. The van der Waals surface area contributed by atoms with Crippen LogP contribution in [0.1, 0.15) is 12.0 Å². The highest BCUT2D eigenvalue weighted by molar-refractivity contribution is 5.96. The molecular formula is C16H24N4O. The molecule has 3 N–H and O–H groups in total. The average Bonchev–Trinajstić information content (AvgIpc) is 2.65. The summed E-state index contributed by atoms with van der Waals surface area (Å²) in [6.45, 7) is 3.44. The minimum absolute atomic E-state index is 0.0698. The number of rotatable bonds is 2. The number of fused-ring (bicyclic) bond motifs is 1. The van der Waals surface area contributed by atoms with Crippen molar-refractivity contribution >= 4 is 11.6 Å². The van der Waals surface area contributed by atoms with Crippen LogP contribution in [0.2, 0.25) is 0 Å². The molecule has 2 aliphatic rings. The second kappa shape index (κ2) is 6.13. The van der Waals surface area contributed by atoms with E-state index in [9.17, 15) is 4.79 Å². The number of aryl methyl sites for hydroxylation is 1. The van der Waals surface area contributed by atoms with Gasteiger partial charge in [-0.05, 0) is 31.5 Å². The number of benzene rings is 1. The maximum Gasteiger partial charge on any atom is 0.241 e. The SMILES string of the molecule is CN1CCN(C2CCc3ccccc3NC2=O)C(CN)C1. The van der Waals surface area contributed by atoms with Crippen molar-refractivity contribution in [3.05, 3.63) is 29.8 Å². The van der Waals surface area contributed by atoms with Crippen LogP contribution in [-0.2, 0) is 11.2 Å². The number of carbonyl (C=O) groups is 1. The molecule has 1 aromatic carbocycles. The molecule has 0 saturated carbocycles. The number of likely N-dealkylation sites (N-methyl/N-ethyl adjacent to an activating group) is 1. The standard InChI is InChI=1S/C16H24N4O/c1-19-8-9-20(13(10-17)11-19)15-7-6-12-4-2-3-5-14(12)18-16(15)21/h2-5,13,15H,6-11,17H2,1H3,(H,18,21). The number of nitrogens with two attached hydrogens (primary N) is 1. The first kappa shape index (κ1) is 14.5. The summed E-state index contributed by atoms with van der Waals surface area (Å²) in [6.07, 6.45) is 1.80. The van der Waals surface area contributed by atoms with E-state index in [1.807, 2.05) is 18.2 Å². The molecule has 2 heterocycles. The van der Waals surface area contributed by atoms with Gasteiger partial charge in [-0.2, -0.15) is 0 Å². The summed E-state index contributed by atoms with van der Waals surface area (Å²) < 4.78 is 0. The smallest absolute Gasteiger partial charge is 0.241 e. The van der Waals surface area contributed by atoms with Gasteiger partial charge in [-0.15, -0.1) is 0 Å². The zero-order chi connectivity index (χ0) is 14.8. The van der Waals surface area contributed by atoms with Gasteiger partial charge < -0.3 is 16.0 Å². The lowest BCUT2D eigenvalue weighted by Gasteiger charge is -2.43. The highest BCUT2D eigenvalue weighted by Crippen LogP contribution is 2.25. The minimum Gasteiger partial charge on any atom is -0.329 e. The Morgan fingerprint density at radius 2 is 2.14 bits per heavy atom. The van der Waals surface area contributed by atoms with E-state index in [4.69, 9.17) is 5.73 Å².